The zero-order chi connectivity index (χ0) is 16.1. The third kappa shape index (κ3) is 4.00. The van der Waals surface area contributed by atoms with E-state index in [4.69, 9.17) is 4.74 Å². The van der Waals surface area contributed by atoms with E-state index in [0.29, 0.717) is 0 Å². The summed E-state index contributed by atoms with van der Waals surface area (Å²) in [5.74, 6) is 0.928. The van der Waals surface area contributed by atoms with Crippen molar-refractivity contribution in [3.63, 3.8) is 0 Å². The molecule has 1 unspecified atom stereocenters. The van der Waals surface area contributed by atoms with E-state index >= 15 is 0 Å². The lowest BCUT2D eigenvalue weighted by molar-refractivity contribution is 0.197. The van der Waals surface area contributed by atoms with Crippen molar-refractivity contribution in [2.45, 2.75) is 12.5 Å². The Hall–Kier alpha value is -1.66. The van der Waals surface area contributed by atoms with Crippen LogP contribution < -0.4 is 10.1 Å². The SMILES string of the molecule is CNCCC(Oc1cccc2cc(I)ccc12)c1ccncc1. The summed E-state index contributed by atoms with van der Waals surface area (Å²) < 4.78 is 7.62. The predicted molar refractivity (Wildman–Crippen MR) is 103 cm³/mol. The lowest BCUT2D eigenvalue weighted by Crippen LogP contribution is -2.16. The van der Waals surface area contributed by atoms with Crippen LogP contribution >= 0.6 is 22.6 Å². The molecule has 1 N–H and O–H groups in total. The maximum absolute atomic E-state index is 6.39. The largest absolute Gasteiger partial charge is 0.485 e. The number of benzene rings is 2. The van der Waals surface area contributed by atoms with Gasteiger partial charge in [0, 0.05) is 27.8 Å². The molecular weight excluding hydrogens is 399 g/mol. The molecule has 0 spiro atoms. The van der Waals surface area contributed by atoms with Crippen molar-refractivity contribution >= 4 is 33.4 Å². The number of hydrogen-bond donors (Lipinski definition) is 1. The fraction of sp³-hybridized carbons (Fsp3) is 0.211. The first kappa shape index (κ1) is 16.2. The van der Waals surface area contributed by atoms with Gasteiger partial charge in [0.15, 0.2) is 0 Å². The monoisotopic (exact) mass is 418 g/mol. The Balaban J connectivity index is 1.93. The molecule has 0 aliphatic carbocycles. The maximum atomic E-state index is 6.39. The molecule has 1 aromatic heterocycles. The molecule has 3 rings (SSSR count). The standard InChI is InChI=1S/C19H19IN2O/c1-21-10-9-18(14-7-11-22-12-8-14)23-19-4-2-3-15-13-16(20)5-6-17(15)19/h2-8,11-13,18,21H,9-10H2,1H3. The first-order chi connectivity index (χ1) is 11.3. The van der Waals surface area contributed by atoms with Crippen molar-refractivity contribution in [2.24, 2.45) is 0 Å². The summed E-state index contributed by atoms with van der Waals surface area (Å²) >= 11 is 2.34. The topological polar surface area (TPSA) is 34.1 Å². The quantitative estimate of drug-likeness (QED) is 0.596. The van der Waals surface area contributed by atoms with E-state index < -0.39 is 0 Å². The van der Waals surface area contributed by atoms with Crippen molar-refractivity contribution < 1.29 is 4.74 Å². The number of aromatic nitrogens is 1. The van der Waals surface area contributed by atoms with Gasteiger partial charge in [0.25, 0.3) is 0 Å². The number of nitrogens with zero attached hydrogens (tertiary/aromatic N) is 1. The van der Waals surface area contributed by atoms with Gasteiger partial charge in [-0.3, -0.25) is 4.98 Å². The first-order valence-corrected chi connectivity index (χ1v) is 8.75. The van der Waals surface area contributed by atoms with Crippen molar-refractivity contribution in [1.29, 1.82) is 0 Å². The summed E-state index contributed by atoms with van der Waals surface area (Å²) in [5.41, 5.74) is 1.15. The van der Waals surface area contributed by atoms with E-state index in [9.17, 15) is 0 Å². The highest BCUT2D eigenvalue weighted by molar-refractivity contribution is 14.1. The molecule has 0 saturated heterocycles. The molecule has 23 heavy (non-hydrogen) atoms. The van der Waals surface area contributed by atoms with Crippen molar-refractivity contribution in [3.8, 4) is 5.75 Å². The van der Waals surface area contributed by atoms with Crippen LogP contribution in [0.25, 0.3) is 10.8 Å². The second-order valence-electron chi connectivity index (χ2n) is 5.40. The van der Waals surface area contributed by atoms with E-state index in [1.165, 1.54) is 8.96 Å². The average Bonchev–Trinajstić information content (AvgIpc) is 2.59. The summed E-state index contributed by atoms with van der Waals surface area (Å²) in [4.78, 5) is 4.10. The van der Waals surface area contributed by atoms with Crippen LogP contribution in [0.1, 0.15) is 18.1 Å². The lowest BCUT2D eigenvalue weighted by Gasteiger charge is -2.20. The second kappa shape index (κ2) is 7.75. The van der Waals surface area contributed by atoms with Crippen molar-refractivity contribution in [1.82, 2.24) is 10.3 Å². The van der Waals surface area contributed by atoms with Gasteiger partial charge >= 0.3 is 0 Å². The molecule has 1 heterocycles. The Bertz CT molecular complexity index is 777. The number of rotatable bonds is 6. The lowest BCUT2D eigenvalue weighted by atomic mass is 10.1. The number of fused-ring (bicyclic) bond motifs is 1. The van der Waals surface area contributed by atoms with Crippen molar-refractivity contribution in [2.75, 3.05) is 13.6 Å². The van der Waals surface area contributed by atoms with E-state index in [0.717, 1.165) is 29.7 Å². The molecule has 1 atom stereocenters. The summed E-state index contributed by atoms with van der Waals surface area (Å²) in [6.07, 6.45) is 4.55. The Morgan fingerprint density at radius 3 is 2.74 bits per heavy atom. The summed E-state index contributed by atoms with van der Waals surface area (Å²) in [5, 5.41) is 5.56. The second-order valence-corrected chi connectivity index (χ2v) is 6.65. The molecule has 0 aliphatic rings. The molecule has 3 aromatic rings. The fourth-order valence-electron chi connectivity index (χ4n) is 2.63. The fourth-order valence-corrected chi connectivity index (χ4v) is 3.14. The summed E-state index contributed by atoms with van der Waals surface area (Å²) in [6, 6.07) is 16.7. The van der Waals surface area contributed by atoms with E-state index in [1.54, 1.807) is 0 Å². The molecule has 0 saturated carbocycles. The highest BCUT2D eigenvalue weighted by atomic mass is 127. The Morgan fingerprint density at radius 1 is 1.13 bits per heavy atom. The van der Waals surface area contributed by atoms with Crippen LogP contribution in [0.5, 0.6) is 5.75 Å². The zero-order valence-electron chi connectivity index (χ0n) is 13.0. The predicted octanol–water partition coefficient (Wildman–Crippen LogP) is 4.57. The highest BCUT2D eigenvalue weighted by Gasteiger charge is 2.14. The minimum atomic E-state index is 0.00956. The third-order valence-corrected chi connectivity index (χ3v) is 4.48. The molecule has 118 valence electrons. The Kier molecular flexibility index (Phi) is 5.46. The van der Waals surface area contributed by atoms with Gasteiger partial charge in [0.1, 0.15) is 11.9 Å². The number of pyridine rings is 1. The van der Waals surface area contributed by atoms with Crippen LogP contribution in [0.2, 0.25) is 0 Å². The van der Waals surface area contributed by atoms with Gasteiger partial charge in [0.05, 0.1) is 0 Å². The van der Waals surface area contributed by atoms with E-state index in [1.807, 2.05) is 37.6 Å². The van der Waals surface area contributed by atoms with E-state index in [-0.39, 0.29) is 6.10 Å². The molecule has 0 aliphatic heterocycles. The van der Waals surface area contributed by atoms with Gasteiger partial charge in [-0.25, -0.2) is 0 Å². The summed E-state index contributed by atoms with van der Waals surface area (Å²) in [6.45, 7) is 0.898. The van der Waals surface area contributed by atoms with Gasteiger partial charge in [-0.1, -0.05) is 12.1 Å². The first-order valence-electron chi connectivity index (χ1n) is 7.67. The molecule has 0 radical (unpaired) electrons. The normalized spacial score (nSPS) is 12.3. The average molecular weight is 418 g/mol. The smallest absolute Gasteiger partial charge is 0.128 e. The third-order valence-electron chi connectivity index (χ3n) is 3.81. The highest BCUT2D eigenvalue weighted by Crippen LogP contribution is 2.31. The Labute approximate surface area is 150 Å². The summed E-state index contributed by atoms with van der Waals surface area (Å²) in [7, 11) is 1.96. The maximum Gasteiger partial charge on any atom is 0.128 e. The van der Waals surface area contributed by atoms with Crippen LogP contribution in [0, 0.1) is 3.57 Å². The zero-order valence-corrected chi connectivity index (χ0v) is 15.2. The van der Waals surface area contributed by atoms with E-state index in [2.05, 4.69) is 63.2 Å². The van der Waals surface area contributed by atoms with Gasteiger partial charge in [-0.15, -0.1) is 0 Å². The number of ether oxygens (including phenoxy) is 1. The Morgan fingerprint density at radius 2 is 1.96 bits per heavy atom. The molecule has 4 heteroatoms. The van der Waals surface area contributed by atoms with Gasteiger partial charge in [-0.2, -0.15) is 0 Å². The van der Waals surface area contributed by atoms with Crippen LogP contribution in [-0.4, -0.2) is 18.6 Å². The molecular formula is C19H19IN2O. The molecule has 0 bridgehead atoms. The van der Waals surface area contributed by atoms with Gasteiger partial charge in [0.2, 0.25) is 0 Å². The van der Waals surface area contributed by atoms with Crippen LogP contribution in [0.4, 0.5) is 0 Å². The molecule has 0 fully saturated rings. The number of halogens is 1. The molecule has 2 aromatic carbocycles. The number of hydrogen-bond acceptors (Lipinski definition) is 3. The number of nitrogens with one attached hydrogen (secondary N) is 1. The minimum Gasteiger partial charge on any atom is -0.485 e. The van der Waals surface area contributed by atoms with Crippen molar-refractivity contribution in [3.05, 3.63) is 70.1 Å². The molecule has 3 nitrogen and oxygen atoms in total. The minimum absolute atomic E-state index is 0.00956. The van der Waals surface area contributed by atoms with Crippen LogP contribution in [0.3, 0.4) is 0 Å². The van der Waals surface area contributed by atoms with Gasteiger partial charge in [-0.05, 0) is 83.5 Å². The van der Waals surface area contributed by atoms with Gasteiger partial charge < -0.3 is 10.1 Å². The molecule has 0 amide bonds. The van der Waals surface area contributed by atoms with Crippen LogP contribution in [0.15, 0.2) is 60.9 Å². The van der Waals surface area contributed by atoms with Crippen LogP contribution in [-0.2, 0) is 0 Å².